The van der Waals surface area contributed by atoms with Gasteiger partial charge in [-0.15, -0.1) is 0 Å². The van der Waals surface area contributed by atoms with Gasteiger partial charge in [-0.3, -0.25) is 14.4 Å². The van der Waals surface area contributed by atoms with Crippen molar-refractivity contribution in [3.63, 3.8) is 0 Å². The maximum atomic E-state index is 13.4. The Morgan fingerprint density at radius 3 is 2.64 bits per heavy atom. The third-order valence-electron chi connectivity index (χ3n) is 10.9. The first-order valence-corrected chi connectivity index (χ1v) is 12.6. The lowest BCUT2D eigenvalue weighted by Gasteiger charge is -2.61. The van der Waals surface area contributed by atoms with Crippen LogP contribution in [0.1, 0.15) is 65.7 Å². The molecule has 4 fully saturated rings. The van der Waals surface area contributed by atoms with Crippen molar-refractivity contribution >= 4 is 17.5 Å². The van der Waals surface area contributed by atoms with Crippen LogP contribution in [0.15, 0.2) is 23.8 Å². The number of ketones is 2. The molecule has 6 aliphatic rings. The fraction of sp³-hybridized carbons (Fsp3) is 0.741. The van der Waals surface area contributed by atoms with Gasteiger partial charge in [-0.05, 0) is 78.8 Å². The monoisotopic (exact) mass is 454 g/mol. The number of rotatable bonds is 2. The summed E-state index contributed by atoms with van der Waals surface area (Å²) in [6.45, 7) is 6.15. The van der Waals surface area contributed by atoms with Crippen LogP contribution < -0.4 is 0 Å². The second-order valence-electron chi connectivity index (χ2n) is 12.0. The standard InChI is InChI=1S/C27H34O6/c1-4-26(23(31)20(29)13-21(30)33-26)27(32)19-12-17(19)22-16-6-5-14-11-15(28)7-9-24(14,2)18(16)8-10-25(22,27)3/h5-6,11,16-20,22,29,32H,4,7-10,12-13H2,1-3H3/t16-,17?,18+,19+,20?,22?,24-,25-,26-,27-/m0/s1. The van der Waals surface area contributed by atoms with Gasteiger partial charge >= 0.3 is 5.97 Å². The predicted octanol–water partition coefficient (Wildman–Crippen LogP) is 2.91. The Morgan fingerprint density at radius 2 is 1.91 bits per heavy atom. The molecule has 0 aromatic carbocycles. The molecule has 0 bridgehead atoms. The number of Topliss-reactive ketones (excluding diaryl/α,β-unsaturated/α-hetero) is 1. The summed E-state index contributed by atoms with van der Waals surface area (Å²) in [5, 5.41) is 23.0. The van der Waals surface area contributed by atoms with Gasteiger partial charge in [0, 0.05) is 11.8 Å². The Kier molecular flexibility index (Phi) is 4.25. The van der Waals surface area contributed by atoms with E-state index in [0.29, 0.717) is 12.3 Å². The SMILES string of the molecule is CC[C@]1([C@]2(O)[C@@H]3CC3C3[C@H]4C=CC5=CC(=O)CC[C@]5(C)[C@@H]4CC[C@@]32C)OC(=O)CC(O)C1=O. The zero-order valence-corrected chi connectivity index (χ0v) is 19.7. The molecule has 3 saturated carbocycles. The van der Waals surface area contributed by atoms with Gasteiger partial charge in [0.1, 0.15) is 11.7 Å². The normalized spacial score (nSPS) is 54.6. The number of fused-ring (bicyclic) bond motifs is 7. The smallest absolute Gasteiger partial charge is 0.309 e. The second kappa shape index (κ2) is 6.45. The molecule has 6 rings (SSSR count). The van der Waals surface area contributed by atoms with Crippen LogP contribution in [-0.2, 0) is 19.1 Å². The number of cyclic esters (lactones) is 1. The van der Waals surface area contributed by atoms with E-state index < -0.39 is 34.5 Å². The Labute approximate surface area is 194 Å². The lowest BCUT2D eigenvalue weighted by Crippen LogP contribution is -2.73. The summed E-state index contributed by atoms with van der Waals surface area (Å²) < 4.78 is 5.79. The molecule has 1 heterocycles. The largest absolute Gasteiger partial charge is 0.448 e. The summed E-state index contributed by atoms with van der Waals surface area (Å²) in [4.78, 5) is 37.9. The van der Waals surface area contributed by atoms with E-state index in [-0.39, 0.29) is 47.7 Å². The van der Waals surface area contributed by atoms with Crippen LogP contribution in [0.25, 0.3) is 0 Å². The zero-order valence-electron chi connectivity index (χ0n) is 19.7. The van der Waals surface area contributed by atoms with Crippen LogP contribution in [0.4, 0.5) is 0 Å². The minimum absolute atomic E-state index is 0.0501. The maximum Gasteiger partial charge on any atom is 0.309 e. The average molecular weight is 455 g/mol. The number of allylic oxidation sites excluding steroid dienone is 4. The number of ether oxygens (including phenoxy) is 1. The van der Waals surface area contributed by atoms with E-state index in [1.807, 2.05) is 6.08 Å². The molecular weight excluding hydrogens is 420 g/mol. The minimum atomic E-state index is -1.69. The molecule has 0 radical (unpaired) electrons. The van der Waals surface area contributed by atoms with Crippen molar-refractivity contribution in [1.82, 2.24) is 0 Å². The third kappa shape index (κ3) is 2.35. The molecule has 33 heavy (non-hydrogen) atoms. The first kappa shape index (κ1) is 21.7. The summed E-state index contributed by atoms with van der Waals surface area (Å²) in [5.74, 6) is 0.0148. The molecule has 0 amide bonds. The molecule has 1 saturated heterocycles. The first-order valence-electron chi connectivity index (χ1n) is 12.6. The number of hydrogen-bond acceptors (Lipinski definition) is 6. The lowest BCUT2D eigenvalue weighted by atomic mass is 9.45. The van der Waals surface area contributed by atoms with Crippen molar-refractivity contribution in [2.24, 2.45) is 40.4 Å². The van der Waals surface area contributed by atoms with Crippen LogP contribution >= 0.6 is 0 Å². The number of carbonyl (C=O) groups is 3. The Balaban J connectivity index is 1.46. The molecule has 1 aliphatic heterocycles. The minimum Gasteiger partial charge on any atom is -0.448 e. The van der Waals surface area contributed by atoms with E-state index in [1.54, 1.807) is 6.92 Å². The summed E-state index contributed by atoms with van der Waals surface area (Å²) in [5.41, 5.74) is -2.70. The highest BCUT2D eigenvalue weighted by molar-refractivity contribution is 5.99. The van der Waals surface area contributed by atoms with Gasteiger partial charge in [0.15, 0.2) is 5.78 Å². The molecule has 0 spiro atoms. The van der Waals surface area contributed by atoms with Crippen LogP contribution in [0.2, 0.25) is 0 Å². The van der Waals surface area contributed by atoms with Crippen LogP contribution in [0.5, 0.6) is 0 Å². The number of esters is 1. The molecular formula is C27H34O6. The summed E-state index contributed by atoms with van der Waals surface area (Å²) in [7, 11) is 0. The molecule has 0 aromatic heterocycles. The molecule has 2 N–H and O–H groups in total. The highest BCUT2D eigenvalue weighted by Crippen LogP contribution is 2.78. The van der Waals surface area contributed by atoms with Crippen molar-refractivity contribution < 1.29 is 29.3 Å². The summed E-state index contributed by atoms with van der Waals surface area (Å²) in [6.07, 6.45) is 8.46. The van der Waals surface area contributed by atoms with Crippen LogP contribution in [0.3, 0.4) is 0 Å². The number of aliphatic hydroxyl groups excluding tert-OH is 1. The second-order valence-corrected chi connectivity index (χ2v) is 12.0. The fourth-order valence-electron chi connectivity index (χ4n) is 9.34. The van der Waals surface area contributed by atoms with Crippen molar-refractivity contribution in [2.45, 2.75) is 83.0 Å². The quantitative estimate of drug-likeness (QED) is 0.623. The van der Waals surface area contributed by atoms with Crippen molar-refractivity contribution in [2.75, 3.05) is 0 Å². The summed E-state index contributed by atoms with van der Waals surface area (Å²) >= 11 is 0. The van der Waals surface area contributed by atoms with Crippen molar-refractivity contribution in [3.05, 3.63) is 23.8 Å². The summed E-state index contributed by atoms with van der Waals surface area (Å²) in [6, 6.07) is 0. The Hall–Kier alpha value is -1.79. The van der Waals surface area contributed by atoms with E-state index in [1.165, 1.54) is 0 Å². The number of hydrogen-bond donors (Lipinski definition) is 2. The van der Waals surface area contributed by atoms with Gasteiger partial charge in [-0.25, -0.2) is 0 Å². The van der Waals surface area contributed by atoms with Gasteiger partial charge in [0.05, 0.1) is 6.42 Å². The topological polar surface area (TPSA) is 101 Å². The van der Waals surface area contributed by atoms with E-state index in [2.05, 4.69) is 26.0 Å². The van der Waals surface area contributed by atoms with Gasteiger partial charge in [0.25, 0.3) is 0 Å². The average Bonchev–Trinajstić information content (AvgIpc) is 3.52. The molecule has 10 atom stereocenters. The number of carbonyl (C=O) groups excluding carboxylic acids is 3. The van der Waals surface area contributed by atoms with Crippen molar-refractivity contribution in [3.8, 4) is 0 Å². The van der Waals surface area contributed by atoms with Gasteiger partial charge < -0.3 is 14.9 Å². The molecule has 6 nitrogen and oxygen atoms in total. The number of aliphatic hydroxyl groups is 2. The van der Waals surface area contributed by atoms with Crippen LogP contribution in [-0.4, -0.2) is 45.1 Å². The fourth-order valence-corrected chi connectivity index (χ4v) is 9.34. The first-order chi connectivity index (χ1) is 15.5. The van der Waals surface area contributed by atoms with Crippen LogP contribution in [0, 0.1) is 40.4 Å². The maximum absolute atomic E-state index is 13.4. The van der Waals surface area contributed by atoms with E-state index >= 15 is 0 Å². The predicted molar refractivity (Wildman–Crippen MR) is 119 cm³/mol. The third-order valence-corrected chi connectivity index (χ3v) is 10.9. The molecule has 5 aliphatic carbocycles. The van der Waals surface area contributed by atoms with E-state index in [9.17, 15) is 24.6 Å². The Bertz CT molecular complexity index is 1030. The zero-order chi connectivity index (χ0) is 23.6. The highest BCUT2D eigenvalue weighted by atomic mass is 16.6. The van der Waals surface area contributed by atoms with Gasteiger partial charge in [-0.2, -0.15) is 0 Å². The van der Waals surface area contributed by atoms with E-state index in [0.717, 1.165) is 31.3 Å². The van der Waals surface area contributed by atoms with Gasteiger partial charge in [-0.1, -0.05) is 32.9 Å². The van der Waals surface area contributed by atoms with Crippen molar-refractivity contribution in [1.29, 1.82) is 0 Å². The lowest BCUT2D eigenvalue weighted by molar-refractivity contribution is -0.253. The molecule has 3 unspecified atom stereocenters. The molecule has 0 aromatic rings. The molecule has 178 valence electrons. The Morgan fingerprint density at radius 1 is 1.15 bits per heavy atom. The van der Waals surface area contributed by atoms with Gasteiger partial charge in [0.2, 0.25) is 11.4 Å². The van der Waals surface area contributed by atoms with E-state index in [4.69, 9.17) is 4.74 Å². The molecule has 6 heteroatoms. The highest BCUT2D eigenvalue weighted by Gasteiger charge is 2.83.